The van der Waals surface area contributed by atoms with Crippen molar-refractivity contribution in [2.24, 2.45) is 17.3 Å². The van der Waals surface area contributed by atoms with Crippen LogP contribution in [-0.4, -0.2) is 39.2 Å². The SMILES string of the molecule is O=C(O)CCC/C=C\C[C@@H]1[C@H](CC(=O)n2ccnc2)[C@H]2C[C@]1(Cc1ccccc1)CO2. The number of unbranched alkanes of at least 4 members (excludes halogenated alkanes) is 1. The summed E-state index contributed by atoms with van der Waals surface area (Å²) in [6.45, 7) is 0.736. The highest BCUT2D eigenvalue weighted by molar-refractivity contribution is 5.79. The first-order valence-corrected chi connectivity index (χ1v) is 11.1. The van der Waals surface area contributed by atoms with Crippen LogP contribution in [-0.2, 0) is 16.0 Å². The van der Waals surface area contributed by atoms with Gasteiger partial charge in [-0.3, -0.25) is 14.2 Å². The topological polar surface area (TPSA) is 81.4 Å². The number of imidazole rings is 1. The van der Waals surface area contributed by atoms with Gasteiger partial charge in [-0.2, -0.15) is 0 Å². The third kappa shape index (κ3) is 4.96. The minimum atomic E-state index is -0.751. The van der Waals surface area contributed by atoms with Gasteiger partial charge < -0.3 is 9.84 Å². The van der Waals surface area contributed by atoms with Crippen LogP contribution >= 0.6 is 0 Å². The lowest BCUT2D eigenvalue weighted by atomic mass is 9.69. The van der Waals surface area contributed by atoms with E-state index in [1.165, 1.54) is 5.56 Å². The van der Waals surface area contributed by atoms with Crippen LogP contribution in [0.2, 0.25) is 0 Å². The third-order valence-corrected chi connectivity index (χ3v) is 6.89. The summed E-state index contributed by atoms with van der Waals surface area (Å²) in [6.07, 6.45) is 14.2. The molecule has 1 saturated heterocycles. The lowest BCUT2D eigenvalue weighted by molar-refractivity contribution is -0.137. The van der Waals surface area contributed by atoms with Gasteiger partial charge in [-0.05, 0) is 49.5 Å². The van der Waals surface area contributed by atoms with Crippen LogP contribution in [0.5, 0.6) is 0 Å². The van der Waals surface area contributed by atoms with Gasteiger partial charge in [-0.1, -0.05) is 42.5 Å². The second kappa shape index (κ2) is 9.60. The van der Waals surface area contributed by atoms with E-state index in [-0.39, 0.29) is 29.8 Å². The number of nitrogens with zero attached hydrogens (tertiary/aromatic N) is 2. The molecule has 1 aliphatic carbocycles. The summed E-state index contributed by atoms with van der Waals surface area (Å²) in [5, 5.41) is 8.81. The Morgan fingerprint density at radius 1 is 1.26 bits per heavy atom. The first-order chi connectivity index (χ1) is 15.1. The fourth-order valence-corrected chi connectivity index (χ4v) is 5.44. The molecule has 1 aromatic heterocycles. The van der Waals surface area contributed by atoms with E-state index in [4.69, 9.17) is 9.84 Å². The molecule has 2 heterocycles. The second-order valence-corrected chi connectivity index (χ2v) is 8.91. The van der Waals surface area contributed by atoms with Crippen molar-refractivity contribution >= 4 is 11.9 Å². The van der Waals surface area contributed by atoms with Crippen molar-refractivity contribution in [1.82, 2.24) is 9.55 Å². The molecule has 0 radical (unpaired) electrons. The number of benzene rings is 1. The number of aromatic nitrogens is 2. The molecule has 0 amide bonds. The summed E-state index contributed by atoms with van der Waals surface area (Å²) in [5.74, 6) is -0.159. The number of carbonyl (C=O) groups is 2. The molecule has 2 bridgehead atoms. The number of rotatable bonds is 10. The van der Waals surface area contributed by atoms with Gasteiger partial charge in [0.1, 0.15) is 6.33 Å². The van der Waals surface area contributed by atoms with Crippen molar-refractivity contribution in [2.45, 2.75) is 51.0 Å². The Labute approximate surface area is 182 Å². The van der Waals surface area contributed by atoms with Gasteiger partial charge in [0, 0.05) is 30.7 Å². The molecule has 6 heteroatoms. The molecule has 1 saturated carbocycles. The molecular formula is C25H30N2O4. The average molecular weight is 423 g/mol. The number of fused-ring (bicyclic) bond motifs is 2. The van der Waals surface area contributed by atoms with Crippen LogP contribution in [0.1, 0.15) is 48.9 Å². The Morgan fingerprint density at radius 2 is 2.10 bits per heavy atom. The molecule has 164 valence electrons. The number of carbonyl (C=O) groups excluding carboxylic acids is 1. The van der Waals surface area contributed by atoms with E-state index in [0.29, 0.717) is 18.8 Å². The van der Waals surface area contributed by atoms with Gasteiger partial charge in [0.2, 0.25) is 5.91 Å². The molecule has 0 unspecified atom stereocenters. The monoisotopic (exact) mass is 422 g/mol. The van der Waals surface area contributed by atoms with E-state index in [0.717, 1.165) is 32.3 Å². The molecular weight excluding hydrogens is 392 g/mol. The number of carboxylic acids is 1. The highest BCUT2D eigenvalue weighted by atomic mass is 16.5. The zero-order valence-electron chi connectivity index (χ0n) is 17.7. The van der Waals surface area contributed by atoms with Gasteiger partial charge in [0.25, 0.3) is 0 Å². The highest BCUT2D eigenvalue weighted by Crippen LogP contribution is 2.57. The van der Waals surface area contributed by atoms with Crippen LogP contribution < -0.4 is 0 Å². The number of hydrogen-bond acceptors (Lipinski definition) is 4. The van der Waals surface area contributed by atoms with Crippen LogP contribution in [0.15, 0.2) is 61.2 Å². The van der Waals surface area contributed by atoms with Crippen LogP contribution in [0, 0.1) is 17.3 Å². The standard InChI is InChI=1S/C25H30N2O4/c28-23(27-13-12-26-18-27)14-20-21(10-6-1-2-7-11-24(29)30)25(16-22(20)31-17-25)15-19-8-4-3-5-9-19/h1,3-6,8-9,12-13,18,20-22H,2,7,10-11,14-17H2,(H,29,30)/b6-1-/t20-,21+,22+,25+/m0/s1. The molecule has 2 aromatic rings. The minimum absolute atomic E-state index is 0.0390. The van der Waals surface area contributed by atoms with Crippen molar-refractivity contribution in [3.8, 4) is 0 Å². The quantitative estimate of drug-likeness (QED) is 0.454. The van der Waals surface area contributed by atoms with E-state index in [1.807, 2.05) is 6.07 Å². The van der Waals surface area contributed by atoms with E-state index in [1.54, 1.807) is 23.3 Å². The van der Waals surface area contributed by atoms with Crippen LogP contribution in [0.4, 0.5) is 0 Å². The molecule has 2 fully saturated rings. The molecule has 1 N–H and O–H groups in total. The molecule has 6 nitrogen and oxygen atoms in total. The first kappa shape index (κ1) is 21.5. The van der Waals surface area contributed by atoms with E-state index in [2.05, 4.69) is 41.4 Å². The second-order valence-electron chi connectivity index (χ2n) is 8.91. The van der Waals surface area contributed by atoms with Gasteiger partial charge >= 0.3 is 5.97 Å². The fraction of sp³-hybridized carbons (Fsp3) is 0.480. The molecule has 2 aliphatic rings. The highest BCUT2D eigenvalue weighted by Gasteiger charge is 2.58. The lowest BCUT2D eigenvalue weighted by Gasteiger charge is -2.39. The van der Waals surface area contributed by atoms with E-state index >= 15 is 0 Å². The molecule has 31 heavy (non-hydrogen) atoms. The maximum Gasteiger partial charge on any atom is 0.303 e. The number of hydrogen-bond donors (Lipinski definition) is 1. The average Bonchev–Trinajstić information content (AvgIpc) is 3.48. The summed E-state index contributed by atoms with van der Waals surface area (Å²) >= 11 is 0. The van der Waals surface area contributed by atoms with Gasteiger partial charge in [-0.25, -0.2) is 4.98 Å². The Bertz CT molecular complexity index is 909. The molecule has 1 aromatic carbocycles. The predicted molar refractivity (Wildman–Crippen MR) is 117 cm³/mol. The Balaban J connectivity index is 1.49. The summed E-state index contributed by atoms with van der Waals surface area (Å²) in [5.41, 5.74) is 1.35. The maximum atomic E-state index is 12.8. The minimum Gasteiger partial charge on any atom is -0.481 e. The number of aliphatic carboxylic acids is 1. The Kier molecular flexibility index (Phi) is 6.66. The molecule has 4 atom stereocenters. The number of ether oxygens (including phenoxy) is 1. The van der Waals surface area contributed by atoms with Crippen molar-refractivity contribution in [3.05, 3.63) is 66.8 Å². The van der Waals surface area contributed by atoms with E-state index in [9.17, 15) is 9.59 Å². The first-order valence-electron chi connectivity index (χ1n) is 11.1. The van der Waals surface area contributed by atoms with Crippen molar-refractivity contribution < 1.29 is 19.4 Å². The lowest BCUT2D eigenvalue weighted by Crippen LogP contribution is -2.39. The summed E-state index contributed by atoms with van der Waals surface area (Å²) in [6, 6.07) is 10.5. The van der Waals surface area contributed by atoms with Crippen molar-refractivity contribution in [1.29, 1.82) is 0 Å². The van der Waals surface area contributed by atoms with Crippen molar-refractivity contribution in [2.75, 3.05) is 6.61 Å². The van der Waals surface area contributed by atoms with Crippen molar-refractivity contribution in [3.63, 3.8) is 0 Å². The molecule has 1 aliphatic heterocycles. The predicted octanol–water partition coefficient (Wildman–Crippen LogP) is 4.38. The normalized spacial score (nSPS) is 27.2. The van der Waals surface area contributed by atoms with Crippen LogP contribution in [0.3, 0.4) is 0 Å². The van der Waals surface area contributed by atoms with Gasteiger partial charge in [0.05, 0.1) is 12.7 Å². The largest absolute Gasteiger partial charge is 0.481 e. The third-order valence-electron chi connectivity index (χ3n) is 6.89. The molecule has 0 spiro atoms. The summed E-state index contributed by atoms with van der Waals surface area (Å²) in [7, 11) is 0. The summed E-state index contributed by atoms with van der Waals surface area (Å²) in [4.78, 5) is 27.5. The Hall–Kier alpha value is -2.73. The van der Waals surface area contributed by atoms with Gasteiger partial charge in [0.15, 0.2) is 0 Å². The Morgan fingerprint density at radius 3 is 2.84 bits per heavy atom. The summed E-state index contributed by atoms with van der Waals surface area (Å²) < 4.78 is 7.76. The maximum absolute atomic E-state index is 12.8. The number of allylic oxidation sites excluding steroid dienone is 2. The zero-order chi connectivity index (χ0) is 21.7. The van der Waals surface area contributed by atoms with Crippen LogP contribution in [0.25, 0.3) is 0 Å². The van der Waals surface area contributed by atoms with E-state index < -0.39 is 5.97 Å². The smallest absolute Gasteiger partial charge is 0.303 e. The van der Waals surface area contributed by atoms with Gasteiger partial charge in [-0.15, -0.1) is 0 Å². The number of carboxylic acid groups (broad SMARTS) is 1. The molecule has 4 rings (SSSR count). The zero-order valence-corrected chi connectivity index (χ0v) is 17.7. The fourth-order valence-electron chi connectivity index (χ4n) is 5.44.